The van der Waals surface area contributed by atoms with Crippen LogP contribution in [0.25, 0.3) is 0 Å². The number of halogens is 2. The lowest BCUT2D eigenvalue weighted by Crippen LogP contribution is -1.97. The number of rotatable bonds is 5. The first-order valence-electron chi connectivity index (χ1n) is 7.00. The molecule has 0 spiro atoms. The van der Waals surface area contributed by atoms with Crippen LogP contribution >= 0.6 is 35.0 Å². The maximum Gasteiger partial charge on any atom is 0.122 e. The van der Waals surface area contributed by atoms with Crippen LogP contribution in [0.3, 0.4) is 0 Å². The van der Waals surface area contributed by atoms with Crippen molar-refractivity contribution >= 4 is 35.0 Å². The molecule has 2 N–H and O–H groups in total. The zero-order valence-corrected chi connectivity index (χ0v) is 15.1. The van der Waals surface area contributed by atoms with E-state index >= 15 is 0 Å². The summed E-state index contributed by atoms with van der Waals surface area (Å²) >= 11 is 14.2. The fraction of sp³-hybridized carbons (Fsp3) is 0.294. The number of hydrogen-bond acceptors (Lipinski definition) is 3. The lowest BCUT2D eigenvalue weighted by molar-refractivity contribution is 0.407. The molecule has 0 aliphatic rings. The molecule has 0 radical (unpaired) electrons. The van der Waals surface area contributed by atoms with Crippen molar-refractivity contribution in [2.24, 2.45) is 5.73 Å². The van der Waals surface area contributed by atoms with Gasteiger partial charge in [-0.05, 0) is 47.4 Å². The smallest absolute Gasteiger partial charge is 0.122 e. The van der Waals surface area contributed by atoms with Crippen molar-refractivity contribution in [1.82, 2.24) is 0 Å². The Balaban J connectivity index is 2.37. The molecule has 0 atom stereocenters. The standard InChI is InChI=1S/C17H19Cl2NOS/c1-10(2)13-8-12(4-5-16(13)21-3)22-17-14(18)6-11(9-20)7-15(17)19/h4-8,10H,9,20H2,1-3H3. The molecule has 2 aromatic carbocycles. The molecule has 2 aromatic rings. The van der Waals surface area contributed by atoms with Gasteiger partial charge >= 0.3 is 0 Å². The predicted molar refractivity (Wildman–Crippen MR) is 95.6 cm³/mol. The summed E-state index contributed by atoms with van der Waals surface area (Å²) in [4.78, 5) is 1.93. The molecule has 0 amide bonds. The van der Waals surface area contributed by atoms with Gasteiger partial charge in [0.15, 0.2) is 0 Å². The van der Waals surface area contributed by atoms with Gasteiger partial charge in [0.1, 0.15) is 5.75 Å². The zero-order valence-electron chi connectivity index (χ0n) is 12.8. The molecule has 0 unspecified atom stereocenters. The largest absolute Gasteiger partial charge is 0.496 e. The van der Waals surface area contributed by atoms with Crippen LogP contribution in [0.1, 0.15) is 30.9 Å². The molecule has 2 nitrogen and oxygen atoms in total. The predicted octanol–water partition coefficient (Wildman–Crippen LogP) is 5.74. The second-order valence-corrected chi connectivity index (χ2v) is 7.15. The van der Waals surface area contributed by atoms with Crippen molar-refractivity contribution < 1.29 is 4.74 Å². The minimum absolute atomic E-state index is 0.376. The van der Waals surface area contributed by atoms with Gasteiger partial charge in [0.05, 0.1) is 17.2 Å². The van der Waals surface area contributed by atoms with E-state index in [1.165, 1.54) is 5.56 Å². The first kappa shape index (κ1) is 17.5. The summed E-state index contributed by atoms with van der Waals surface area (Å²) in [6.45, 7) is 4.70. The van der Waals surface area contributed by atoms with E-state index in [1.54, 1.807) is 18.9 Å². The fourth-order valence-electron chi connectivity index (χ4n) is 2.17. The minimum atomic E-state index is 0.376. The van der Waals surface area contributed by atoms with Gasteiger partial charge in [0, 0.05) is 16.3 Å². The summed E-state index contributed by atoms with van der Waals surface area (Å²) in [5.41, 5.74) is 7.73. The van der Waals surface area contributed by atoms with E-state index < -0.39 is 0 Å². The lowest BCUT2D eigenvalue weighted by atomic mass is 10.0. The van der Waals surface area contributed by atoms with Crippen molar-refractivity contribution in [2.45, 2.75) is 36.1 Å². The van der Waals surface area contributed by atoms with E-state index in [-0.39, 0.29) is 0 Å². The summed E-state index contributed by atoms with van der Waals surface area (Å²) in [6.07, 6.45) is 0. The third kappa shape index (κ3) is 3.90. The van der Waals surface area contributed by atoms with Crippen LogP contribution in [-0.2, 0) is 6.54 Å². The molecular formula is C17H19Cl2NOS. The number of nitrogens with two attached hydrogens (primary N) is 1. The van der Waals surface area contributed by atoms with Gasteiger partial charge in [0.2, 0.25) is 0 Å². The van der Waals surface area contributed by atoms with Crippen molar-refractivity contribution in [3.05, 3.63) is 51.5 Å². The molecule has 118 valence electrons. The molecule has 0 aliphatic heterocycles. The van der Waals surface area contributed by atoms with Gasteiger partial charge in [-0.2, -0.15) is 0 Å². The second kappa shape index (κ2) is 7.60. The summed E-state index contributed by atoms with van der Waals surface area (Å²) in [7, 11) is 1.69. The van der Waals surface area contributed by atoms with Crippen LogP contribution in [0.2, 0.25) is 10.0 Å². The lowest BCUT2D eigenvalue weighted by Gasteiger charge is -2.14. The maximum absolute atomic E-state index is 6.34. The minimum Gasteiger partial charge on any atom is -0.496 e. The maximum atomic E-state index is 6.34. The number of methoxy groups -OCH3 is 1. The Bertz CT molecular complexity index is 651. The van der Waals surface area contributed by atoms with Gasteiger partial charge < -0.3 is 10.5 Å². The molecule has 2 rings (SSSR count). The summed E-state index contributed by atoms with van der Waals surface area (Å²) in [6, 6.07) is 9.84. The molecule has 0 bridgehead atoms. The first-order chi connectivity index (χ1) is 10.5. The van der Waals surface area contributed by atoms with Gasteiger partial charge in [0.25, 0.3) is 0 Å². The Morgan fingerprint density at radius 2 is 1.77 bits per heavy atom. The normalized spacial score (nSPS) is 11.0. The molecule has 0 aromatic heterocycles. The first-order valence-corrected chi connectivity index (χ1v) is 8.57. The average Bonchev–Trinajstić information content (AvgIpc) is 2.50. The highest BCUT2D eigenvalue weighted by atomic mass is 35.5. The van der Waals surface area contributed by atoms with E-state index in [0.29, 0.717) is 22.5 Å². The third-order valence-electron chi connectivity index (χ3n) is 3.34. The Morgan fingerprint density at radius 3 is 2.27 bits per heavy atom. The molecule has 5 heteroatoms. The van der Waals surface area contributed by atoms with E-state index in [4.69, 9.17) is 33.7 Å². The summed E-state index contributed by atoms with van der Waals surface area (Å²) in [5, 5.41) is 1.25. The van der Waals surface area contributed by atoms with E-state index in [0.717, 1.165) is 21.1 Å². The van der Waals surface area contributed by atoms with Crippen LogP contribution < -0.4 is 10.5 Å². The van der Waals surface area contributed by atoms with Crippen LogP contribution in [-0.4, -0.2) is 7.11 Å². The summed E-state index contributed by atoms with van der Waals surface area (Å²) < 4.78 is 5.41. The topological polar surface area (TPSA) is 35.2 Å². The van der Waals surface area contributed by atoms with Crippen molar-refractivity contribution in [3.8, 4) is 5.75 Å². The number of benzene rings is 2. The molecule has 0 saturated heterocycles. The van der Waals surface area contributed by atoms with E-state index in [2.05, 4.69) is 19.9 Å². The van der Waals surface area contributed by atoms with Gasteiger partial charge in [-0.3, -0.25) is 0 Å². The Kier molecular flexibility index (Phi) is 6.04. The van der Waals surface area contributed by atoms with Gasteiger partial charge in [-0.1, -0.05) is 48.8 Å². The average molecular weight is 356 g/mol. The van der Waals surface area contributed by atoms with Crippen LogP contribution in [0.4, 0.5) is 0 Å². The van der Waals surface area contributed by atoms with E-state index in [1.807, 2.05) is 24.3 Å². The number of ether oxygens (including phenoxy) is 1. The Hall–Kier alpha value is -0.870. The Morgan fingerprint density at radius 1 is 1.14 bits per heavy atom. The highest BCUT2D eigenvalue weighted by Gasteiger charge is 2.13. The highest BCUT2D eigenvalue weighted by molar-refractivity contribution is 7.99. The summed E-state index contributed by atoms with van der Waals surface area (Å²) in [5.74, 6) is 1.27. The molecule has 0 fully saturated rings. The number of hydrogen-bond donors (Lipinski definition) is 1. The highest BCUT2D eigenvalue weighted by Crippen LogP contribution is 2.41. The molecule has 0 heterocycles. The van der Waals surface area contributed by atoms with Crippen LogP contribution in [0.5, 0.6) is 5.75 Å². The zero-order chi connectivity index (χ0) is 16.3. The monoisotopic (exact) mass is 355 g/mol. The quantitative estimate of drug-likeness (QED) is 0.742. The molecule has 0 aliphatic carbocycles. The molecule has 22 heavy (non-hydrogen) atoms. The van der Waals surface area contributed by atoms with Crippen molar-refractivity contribution in [1.29, 1.82) is 0 Å². The fourth-order valence-corrected chi connectivity index (χ4v) is 3.81. The van der Waals surface area contributed by atoms with Gasteiger partial charge in [-0.15, -0.1) is 0 Å². The third-order valence-corrected chi connectivity index (χ3v) is 5.29. The van der Waals surface area contributed by atoms with E-state index in [9.17, 15) is 0 Å². The van der Waals surface area contributed by atoms with Crippen LogP contribution in [0, 0.1) is 0 Å². The Labute approximate surface area is 145 Å². The second-order valence-electron chi connectivity index (χ2n) is 5.25. The van der Waals surface area contributed by atoms with Gasteiger partial charge in [-0.25, -0.2) is 0 Å². The SMILES string of the molecule is COc1ccc(Sc2c(Cl)cc(CN)cc2Cl)cc1C(C)C. The van der Waals surface area contributed by atoms with Crippen LogP contribution in [0.15, 0.2) is 40.1 Å². The van der Waals surface area contributed by atoms with Crippen molar-refractivity contribution in [2.75, 3.05) is 7.11 Å². The molecule has 0 saturated carbocycles. The molecular weight excluding hydrogens is 337 g/mol. The van der Waals surface area contributed by atoms with Crippen molar-refractivity contribution in [3.63, 3.8) is 0 Å².